The van der Waals surface area contributed by atoms with E-state index in [2.05, 4.69) is 5.32 Å². The van der Waals surface area contributed by atoms with Gasteiger partial charge in [-0.1, -0.05) is 11.6 Å². The molecule has 0 unspecified atom stereocenters. The molecule has 2 rings (SSSR count). The molecule has 0 aromatic heterocycles. The predicted molar refractivity (Wildman–Crippen MR) is 69.5 cm³/mol. The zero-order valence-electron chi connectivity index (χ0n) is 10.1. The van der Waals surface area contributed by atoms with E-state index < -0.39 is 5.82 Å². The summed E-state index contributed by atoms with van der Waals surface area (Å²) in [6, 6.07) is 4.15. The van der Waals surface area contributed by atoms with E-state index in [1.54, 1.807) is 0 Å². The summed E-state index contributed by atoms with van der Waals surface area (Å²) >= 11 is 5.77. The van der Waals surface area contributed by atoms with Crippen molar-refractivity contribution in [2.24, 2.45) is 0 Å². The summed E-state index contributed by atoms with van der Waals surface area (Å²) in [6.45, 7) is 2.43. The van der Waals surface area contributed by atoms with Crippen molar-refractivity contribution in [3.63, 3.8) is 0 Å². The second-order valence-corrected chi connectivity index (χ2v) is 5.10. The van der Waals surface area contributed by atoms with Crippen LogP contribution in [0.15, 0.2) is 18.2 Å². The maximum atomic E-state index is 13.4. The van der Waals surface area contributed by atoms with Crippen molar-refractivity contribution in [3.05, 3.63) is 29.0 Å². The Kier molecular flexibility index (Phi) is 4.55. The van der Waals surface area contributed by atoms with Gasteiger partial charge in [-0.3, -0.25) is 4.79 Å². The molecule has 1 fully saturated rings. The van der Waals surface area contributed by atoms with Gasteiger partial charge >= 0.3 is 0 Å². The minimum atomic E-state index is -0.457. The maximum absolute atomic E-state index is 13.4. The molecule has 98 valence electrons. The Labute approximate surface area is 111 Å². The van der Waals surface area contributed by atoms with E-state index in [9.17, 15) is 9.18 Å². The minimum Gasteiger partial charge on any atom is -0.327 e. The average Bonchev–Trinajstić information content (AvgIpc) is 2.35. The van der Waals surface area contributed by atoms with Gasteiger partial charge in [0.2, 0.25) is 0 Å². The van der Waals surface area contributed by atoms with Gasteiger partial charge in [0.25, 0.3) is 5.91 Å². The lowest BCUT2D eigenvalue weighted by Crippen LogP contribution is -3.13. The van der Waals surface area contributed by atoms with Crippen LogP contribution in [-0.2, 0) is 4.79 Å². The fourth-order valence-electron chi connectivity index (χ4n) is 2.24. The van der Waals surface area contributed by atoms with E-state index in [0.29, 0.717) is 11.6 Å². The molecule has 0 aliphatic carbocycles. The number of likely N-dealkylation sites (tertiary alicyclic amines) is 1. The Bertz CT molecular complexity index is 433. The third-order valence-corrected chi connectivity index (χ3v) is 3.41. The molecule has 3 nitrogen and oxygen atoms in total. The van der Waals surface area contributed by atoms with Gasteiger partial charge in [-0.05, 0) is 37.5 Å². The molecule has 1 aromatic carbocycles. The number of piperidine rings is 1. The Morgan fingerprint density at radius 1 is 1.33 bits per heavy atom. The summed E-state index contributed by atoms with van der Waals surface area (Å²) in [4.78, 5) is 13.1. The van der Waals surface area contributed by atoms with Gasteiger partial charge in [0.1, 0.15) is 5.82 Å². The molecule has 0 radical (unpaired) electrons. The van der Waals surface area contributed by atoms with Crippen molar-refractivity contribution in [1.29, 1.82) is 0 Å². The quantitative estimate of drug-likeness (QED) is 0.858. The summed E-state index contributed by atoms with van der Waals surface area (Å²) in [5.41, 5.74) is 0.156. The lowest BCUT2D eigenvalue weighted by atomic mass is 10.1. The Balaban J connectivity index is 1.92. The minimum absolute atomic E-state index is 0.156. The van der Waals surface area contributed by atoms with Crippen LogP contribution in [0.2, 0.25) is 5.02 Å². The van der Waals surface area contributed by atoms with Gasteiger partial charge in [0.05, 0.1) is 18.8 Å². The van der Waals surface area contributed by atoms with Gasteiger partial charge in [0, 0.05) is 5.02 Å². The average molecular weight is 272 g/mol. The molecule has 0 spiro atoms. The standard InChI is InChI=1S/C13H16ClFN2O/c14-10-4-5-11(15)12(8-10)16-13(18)9-17-6-2-1-3-7-17/h4-5,8H,1-3,6-7,9H2,(H,16,18)/p+1. The molecule has 1 heterocycles. The Morgan fingerprint density at radius 3 is 2.78 bits per heavy atom. The summed E-state index contributed by atoms with van der Waals surface area (Å²) in [6.07, 6.45) is 3.57. The van der Waals surface area contributed by atoms with E-state index in [4.69, 9.17) is 11.6 Å². The second-order valence-electron chi connectivity index (χ2n) is 4.66. The number of hydrogen-bond donors (Lipinski definition) is 2. The maximum Gasteiger partial charge on any atom is 0.279 e. The number of benzene rings is 1. The molecular formula is C13H17ClFN2O+. The molecular weight excluding hydrogens is 255 g/mol. The number of carbonyl (C=O) groups is 1. The first-order valence-corrected chi connectivity index (χ1v) is 6.61. The van der Waals surface area contributed by atoms with Gasteiger partial charge in [-0.15, -0.1) is 0 Å². The van der Waals surface area contributed by atoms with Gasteiger partial charge in [-0.2, -0.15) is 0 Å². The molecule has 1 saturated heterocycles. The molecule has 0 atom stereocenters. The topological polar surface area (TPSA) is 33.5 Å². The number of carbonyl (C=O) groups excluding carboxylic acids is 1. The molecule has 1 aliphatic rings. The predicted octanol–water partition coefficient (Wildman–Crippen LogP) is 1.49. The lowest BCUT2D eigenvalue weighted by Gasteiger charge is -2.22. The van der Waals surface area contributed by atoms with Crippen molar-refractivity contribution in [1.82, 2.24) is 0 Å². The van der Waals surface area contributed by atoms with Crippen LogP contribution in [-0.4, -0.2) is 25.5 Å². The zero-order valence-corrected chi connectivity index (χ0v) is 10.9. The number of halogens is 2. The van der Waals surface area contributed by atoms with E-state index in [-0.39, 0.29) is 11.6 Å². The second kappa shape index (κ2) is 6.16. The summed E-state index contributed by atoms with van der Waals surface area (Å²) in [7, 11) is 0. The first kappa shape index (κ1) is 13.3. The molecule has 1 aromatic rings. The molecule has 1 aliphatic heterocycles. The highest BCUT2D eigenvalue weighted by Gasteiger charge is 2.18. The molecule has 2 N–H and O–H groups in total. The Hall–Kier alpha value is -1.13. The fourth-order valence-corrected chi connectivity index (χ4v) is 2.42. The number of quaternary nitrogens is 1. The number of hydrogen-bond acceptors (Lipinski definition) is 1. The summed E-state index contributed by atoms with van der Waals surface area (Å²) in [5.74, 6) is -0.616. The normalized spacial score (nSPS) is 16.6. The summed E-state index contributed by atoms with van der Waals surface area (Å²) < 4.78 is 13.4. The molecule has 0 saturated carbocycles. The number of nitrogens with one attached hydrogen (secondary N) is 2. The number of amides is 1. The third kappa shape index (κ3) is 3.68. The smallest absolute Gasteiger partial charge is 0.279 e. The van der Waals surface area contributed by atoms with Crippen molar-refractivity contribution < 1.29 is 14.1 Å². The lowest BCUT2D eigenvalue weighted by molar-refractivity contribution is -0.896. The van der Waals surface area contributed by atoms with Crippen molar-refractivity contribution >= 4 is 23.2 Å². The molecule has 5 heteroatoms. The molecule has 1 amide bonds. The van der Waals surface area contributed by atoms with Crippen LogP contribution in [0.5, 0.6) is 0 Å². The summed E-state index contributed by atoms with van der Waals surface area (Å²) in [5, 5.41) is 2.99. The first-order chi connectivity index (χ1) is 8.65. The van der Waals surface area contributed by atoms with Crippen LogP contribution < -0.4 is 10.2 Å². The SMILES string of the molecule is O=C(C[NH+]1CCCCC1)Nc1cc(Cl)ccc1F. The van der Waals surface area contributed by atoms with Crippen LogP contribution >= 0.6 is 11.6 Å². The van der Waals surface area contributed by atoms with Gasteiger partial charge in [-0.25, -0.2) is 4.39 Å². The van der Waals surface area contributed by atoms with Crippen LogP contribution in [0.1, 0.15) is 19.3 Å². The third-order valence-electron chi connectivity index (χ3n) is 3.17. The van der Waals surface area contributed by atoms with E-state index in [1.165, 1.54) is 29.5 Å². The monoisotopic (exact) mass is 271 g/mol. The number of anilines is 1. The van der Waals surface area contributed by atoms with Crippen molar-refractivity contribution in [3.8, 4) is 0 Å². The van der Waals surface area contributed by atoms with Crippen LogP contribution in [0.25, 0.3) is 0 Å². The van der Waals surface area contributed by atoms with Crippen molar-refractivity contribution in [2.45, 2.75) is 19.3 Å². The van der Waals surface area contributed by atoms with E-state index >= 15 is 0 Å². The highest BCUT2D eigenvalue weighted by molar-refractivity contribution is 6.30. The highest BCUT2D eigenvalue weighted by atomic mass is 35.5. The zero-order chi connectivity index (χ0) is 13.0. The Morgan fingerprint density at radius 2 is 2.06 bits per heavy atom. The van der Waals surface area contributed by atoms with E-state index in [0.717, 1.165) is 25.9 Å². The largest absolute Gasteiger partial charge is 0.327 e. The van der Waals surface area contributed by atoms with Crippen LogP contribution in [0.4, 0.5) is 10.1 Å². The fraction of sp³-hybridized carbons (Fsp3) is 0.462. The van der Waals surface area contributed by atoms with Gasteiger partial charge < -0.3 is 10.2 Å². The molecule has 0 bridgehead atoms. The highest BCUT2D eigenvalue weighted by Crippen LogP contribution is 2.19. The number of rotatable bonds is 3. The van der Waals surface area contributed by atoms with Crippen molar-refractivity contribution in [2.75, 3.05) is 25.0 Å². The van der Waals surface area contributed by atoms with Gasteiger partial charge in [0.15, 0.2) is 6.54 Å². The van der Waals surface area contributed by atoms with E-state index in [1.807, 2.05) is 0 Å². The van der Waals surface area contributed by atoms with Crippen LogP contribution in [0.3, 0.4) is 0 Å². The molecule has 18 heavy (non-hydrogen) atoms. The first-order valence-electron chi connectivity index (χ1n) is 6.23. The van der Waals surface area contributed by atoms with Crippen LogP contribution in [0, 0.1) is 5.82 Å².